The number of rotatable bonds is 6. The molecule has 17 heavy (non-hydrogen) atoms. The molecule has 2 N–H and O–H groups in total. The first-order valence-electron chi connectivity index (χ1n) is 5.63. The number of nitrogens with one attached hydrogen (secondary N) is 1. The van der Waals surface area contributed by atoms with Gasteiger partial charge in [-0.1, -0.05) is 12.1 Å². The first-order chi connectivity index (χ1) is 8.26. The van der Waals surface area contributed by atoms with Gasteiger partial charge in [0.05, 0.1) is 18.1 Å². The third-order valence-corrected chi connectivity index (χ3v) is 2.35. The molecule has 0 aromatic heterocycles. The fourth-order valence-electron chi connectivity index (χ4n) is 1.41. The van der Waals surface area contributed by atoms with E-state index in [1.807, 2.05) is 6.07 Å². The van der Waals surface area contributed by atoms with E-state index in [1.165, 1.54) is 0 Å². The van der Waals surface area contributed by atoms with Gasteiger partial charge < -0.3 is 10.4 Å². The monoisotopic (exact) mass is 232 g/mol. The molecule has 4 nitrogen and oxygen atoms in total. The predicted octanol–water partition coefficient (Wildman–Crippen LogP) is 0.989. The van der Waals surface area contributed by atoms with Crippen LogP contribution in [0.25, 0.3) is 0 Å². The molecule has 0 saturated heterocycles. The minimum absolute atomic E-state index is 0.0346. The fourth-order valence-corrected chi connectivity index (χ4v) is 1.41. The average Bonchev–Trinajstić information content (AvgIpc) is 2.36. The molecule has 90 valence electrons. The maximum atomic E-state index is 11.5. The molecule has 0 aliphatic carbocycles. The largest absolute Gasteiger partial charge is 0.396 e. The summed E-state index contributed by atoms with van der Waals surface area (Å²) in [7, 11) is 0. The first kappa shape index (κ1) is 13.2. The van der Waals surface area contributed by atoms with E-state index in [-0.39, 0.29) is 12.5 Å². The maximum Gasteiger partial charge on any atom is 0.224 e. The molecule has 0 saturated carbocycles. The fraction of sp³-hybridized carbons (Fsp3) is 0.385. The number of carbonyl (C=O) groups is 1. The highest BCUT2D eigenvalue weighted by molar-refractivity contribution is 5.78. The molecule has 1 amide bonds. The van der Waals surface area contributed by atoms with Crippen molar-refractivity contribution in [1.82, 2.24) is 5.32 Å². The van der Waals surface area contributed by atoms with Gasteiger partial charge >= 0.3 is 0 Å². The van der Waals surface area contributed by atoms with Crippen LogP contribution in [-0.2, 0) is 11.2 Å². The molecule has 4 heteroatoms. The molecule has 0 atom stereocenters. The van der Waals surface area contributed by atoms with Crippen LogP contribution in [-0.4, -0.2) is 24.2 Å². The Morgan fingerprint density at radius 3 is 2.59 bits per heavy atom. The van der Waals surface area contributed by atoms with Crippen molar-refractivity contribution < 1.29 is 9.90 Å². The second-order valence-corrected chi connectivity index (χ2v) is 3.77. The summed E-state index contributed by atoms with van der Waals surface area (Å²) < 4.78 is 0. The van der Waals surface area contributed by atoms with Crippen LogP contribution in [0.3, 0.4) is 0 Å². The van der Waals surface area contributed by atoms with Crippen molar-refractivity contribution in [3.63, 3.8) is 0 Å². The maximum absolute atomic E-state index is 11.5. The topological polar surface area (TPSA) is 73.1 Å². The van der Waals surface area contributed by atoms with Crippen LogP contribution >= 0.6 is 0 Å². The van der Waals surface area contributed by atoms with Crippen LogP contribution in [0.2, 0.25) is 0 Å². The highest BCUT2D eigenvalue weighted by atomic mass is 16.2. The number of aliphatic hydroxyl groups excluding tert-OH is 1. The smallest absolute Gasteiger partial charge is 0.224 e. The third kappa shape index (κ3) is 5.14. The molecule has 0 bridgehead atoms. The molecule has 0 spiro atoms. The summed E-state index contributed by atoms with van der Waals surface area (Å²) in [6.45, 7) is 0.751. The number of benzene rings is 1. The number of nitrogens with zero attached hydrogens (tertiary/aromatic N) is 1. The number of aliphatic hydroxyl groups is 1. The Labute approximate surface area is 101 Å². The van der Waals surface area contributed by atoms with Gasteiger partial charge in [-0.2, -0.15) is 5.26 Å². The van der Waals surface area contributed by atoms with Gasteiger partial charge in [0.2, 0.25) is 5.91 Å². The number of hydrogen-bond donors (Lipinski definition) is 2. The number of amides is 1. The molecule has 1 aromatic carbocycles. The SMILES string of the molecule is N#Cc1ccc(CC(=O)NCCCCO)cc1. The van der Waals surface area contributed by atoms with E-state index in [0.29, 0.717) is 24.9 Å². The highest BCUT2D eigenvalue weighted by Gasteiger charge is 2.02. The van der Waals surface area contributed by atoms with Crippen LogP contribution < -0.4 is 5.32 Å². The number of nitriles is 1. The van der Waals surface area contributed by atoms with E-state index in [2.05, 4.69) is 5.32 Å². The van der Waals surface area contributed by atoms with Gasteiger partial charge in [-0.05, 0) is 30.5 Å². The Bertz CT molecular complexity index is 393. The Morgan fingerprint density at radius 1 is 1.29 bits per heavy atom. The van der Waals surface area contributed by atoms with E-state index in [9.17, 15) is 4.79 Å². The van der Waals surface area contributed by atoms with Crippen molar-refractivity contribution in [2.24, 2.45) is 0 Å². The molecule has 0 radical (unpaired) electrons. The van der Waals surface area contributed by atoms with Gasteiger partial charge in [-0.25, -0.2) is 0 Å². The zero-order valence-corrected chi connectivity index (χ0v) is 9.65. The van der Waals surface area contributed by atoms with Gasteiger partial charge in [0.1, 0.15) is 0 Å². The highest BCUT2D eigenvalue weighted by Crippen LogP contribution is 2.03. The van der Waals surface area contributed by atoms with E-state index in [1.54, 1.807) is 24.3 Å². The van der Waals surface area contributed by atoms with Crippen LogP contribution in [0.4, 0.5) is 0 Å². The molecule has 0 aliphatic rings. The van der Waals surface area contributed by atoms with Crippen LogP contribution in [0.15, 0.2) is 24.3 Å². The van der Waals surface area contributed by atoms with Crippen molar-refractivity contribution in [3.8, 4) is 6.07 Å². The minimum Gasteiger partial charge on any atom is -0.396 e. The van der Waals surface area contributed by atoms with Crippen molar-refractivity contribution in [2.75, 3.05) is 13.2 Å². The van der Waals surface area contributed by atoms with E-state index in [4.69, 9.17) is 10.4 Å². The summed E-state index contributed by atoms with van der Waals surface area (Å²) in [6.07, 6.45) is 1.82. The first-order valence-corrected chi connectivity index (χ1v) is 5.63. The second-order valence-electron chi connectivity index (χ2n) is 3.77. The summed E-state index contributed by atoms with van der Waals surface area (Å²) in [5, 5.41) is 20.0. The number of carbonyl (C=O) groups excluding carboxylic acids is 1. The van der Waals surface area contributed by atoms with Crippen LogP contribution in [0, 0.1) is 11.3 Å². The molecule has 0 aliphatic heterocycles. The summed E-state index contributed by atoms with van der Waals surface area (Å²) in [5.74, 6) is -0.0346. The molecule has 0 unspecified atom stereocenters. The number of hydrogen-bond acceptors (Lipinski definition) is 3. The average molecular weight is 232 g/mol. The third-order valence-electron chi connectivity index (χ3n) is 2.35. The van der Waals surface area contributed by atoms with Crippen molar-refractivity contribution in [1.29, 1.82) is 5.26 Å². The lowest BCUT2D eigenvalue weighted by Gasteiger charge is -2.04. The van der Waals surface area contributed by atoms with Crippen molar-refractivity contribution in [2.45, 2.75) is 19.3 Å². The van der Waals surface area contributed by atoms with Gasteiger partial charge in [0.15, 0.2) is 0 Å². The quantitative estimate of drug-likeness (QED) is 0.718. The van der Waals surface area contributed by atoms with Crippen LogP contribution in [0.1, 0.15) is 24.0 Å². The van der Waals surface area contributed by atoms with E-state index in [0.717, 1.165) is 12.0 Å². The second kappa shape index (κ2) is 7.42. The predicted molar refractivity (Wildman–Crippen MR) is 64.2 cm³/mol. The standard InChI is InChI=1S/C13H16N2O2/c14-10-12-5-3-11(4-6-12)9-13(17)15-7-1-2-8-16/h3-6,16H,1-2,7-9H2,(H,15,17). The Kier molecular flexibility index (Phi) is 5.76. The Balaban J connectivity index is 2.32. The van der Waals surface area contributed by atoms with Gasteiger partial charge in [-0.15, -0.1) is 0 Å². The van der Waals surface area contributed by atoms with Gasteiger partial charge in [0, 0.05) is 13.2 Å². The summed E-state index contributed by atoms with van der Waals surface area (Å²) in [5.41, 5.74) is 1.49. The lowest BCUT2D eigenvalue weighted by atomic mass is 10.1. The molecular weight excluding hydrogens is 216 g/mol. The zero-order chi connectivity index (χ0) is 12.5. The van der Waals surface area contributed by atoms with Crippen LogP contribution in [0.5, 0.6) is 0 Å². The lowest BCUT2D eigenvalue weighted by Crippen LogP contribution is -2.26. The van der Waals surface area contributed by atoms with Gasteiger partial charge in [0.25, 0.3) is 0 Å². The molecule has 1 rings (SSSR count). The van der Waals surface area contributed by atoms with Crippen molar-refractivity contribution in [3.05, 3.63) is 35.4 Å². The summed E-state index contributed by atoms with van der Waals surface area (Å²) >= 11 is 0. The number of unbranched alkanes of at least 4 members (excludes halogenated alkanes) is 1. The Morgan fingerprint density at radius 2 is 2.00 bits per heavy atom. The van der Waals surface area contributed by atoms with Gasteiger partial charge in [-0.3, -0.25) is 4.79 Å². The van der Waals surface area contributed by atoms with E-state index < -0.39 is 0 Å². The summed E-state index contributed by atoms with van der Waals surface area (Å²) in [6, 6.07) is 9.00. The molecule has 0 fully saturated rings. The lowest BCUT2D eigenvalue weighted by molar-refractivity contribution is -0.120. The molecule has 0 heterocycles. The van der Waals surface area contributed by atoms with E-state index >= 15 is 0 Å². The molecule has 1 aromatic rings. The molecular formula is C13H16N2O2. The summed E-state index contributed by atoms with van der Waals surface area (Å²) in [4.78, 5) is 11.5. The normalized spacial score (nSPS) is 9.65. The zero-order valence-electron chi connectivity index (χ0n) is 9.65. The van der Waals surface area contributed by atoms with Crippen molar-refractivity contribution >= 4 is 5.91 Å². The minimum atomic E-state index is -0.0346. The Hall–Kier alpha value is -1.86.